The van der Waals surface area contributed by atoms with Crippen LogP contribution in [-0.2, 0) is 9.59 Å². The zero-order chi connectivity index (χ0) is 26.1. The third-order valence-electron chi connectivity index (χ3n) is 10.4. The van der Waals surface area contributed by atoms with Gasteiger partial charge in [0.15, 0.2) is 5.78 Å². The van der Waals surface area contributed by atoms with Crippen LogP contribution in [0.1, 0.15) is 87.0 Å². The van der Waals surface area contributed by atoms with Crippen LogP contribution in [-0.4, -0.2) is 44.7 Å². The van der Waals surface area contributed by atoms with Crippen molar-refractivity contribution in [2.75, 3.05) is 0 Å². The van der Waals surface area contributed by atoms with Crippen LogP contribution >= 0.6 is 0 Å². The van der Waals surface area contributed by atoms with E-state index in [1.54, 1.807) is 0 Å². The third kappa shape index (κ3) is 4.02. The Bertz CT molecular complexity index is 1010. The number of Topliss-reactive ketones (excluding diaryl/α,β-unsaturated/α-hetero) is 2. The first-order chi connectivity index (χ1) is 16.0. The van der Waals surface area contributed by atoms with Gasteiger partial charge in [0.05, 0.1) is 11.7 Å². The Labute approximate surface area is 210 Å². The summed E-state index contributed by atoms with van der Waals surface area (Å²) in [5, 5.41) is 31.0. The number of hydrogen-bond donors (Lipinski definition) is 3. The Morgan fingerprint density at radius 3 is 2.43 bits per heavy atom. The largest absolute Gasteiger partial charge is 0.392 e. The number of ketones is 2. The molecule has 0 amide bonds. The maximum absolute atomic E-state index is 13.6. The summed E-state index contributed by atoms with van der Waals surface area (Å²) in [4.78, 5) is 26.3. The number of carbonyl (C=O) groups excluding carboxylic acids is 2. The molecule has 7 unspecified atom stereocenters. The van der Waals surface area contributed by atoms with Crippen LogP contribution in [0.5, 0.6) is 0 Å². The van der Waals surface area contributed by atoms with Crippen LogP contribution in [0.2, 0.25) is 0 Å². The van der Waals surface area contributed by atoms with E-state index in [9.17, 15) is 24.9 Å². The minimum atomic E-state index is -1.50. The fraction of sp³-hybridized carbons (Fsp3) is 0.733. The van der Waals surface area contributed by atoms with E-state index in [0.29, 0.717) is 12.8 Å². The predicted octanol–water partition coefficient (Wildman–Crippen LogP) is 4.70. The van der Waals surface area contributed by atoms with Crippen LogP contribution < -0.4 is 0 Å². The molecule has 4 aliphatic rings. The number of allylic oxidation sites excluding steroid dienone is 5. The van der Waals surface area contributed by atoms with Gasteiger partial charge in [0.2, 0.25) is 0 Å². The maximum atomic E-state index is 13.6. The Morgan fingerprint density at radius 1 is 1.14 bits per heavy atom. The molecule has 5 heteroatoms. The van der Waals surface area contributed by atoms with Crippen molar-refractivity contribution >= 4 is 11.6 Å². The normalized spacial score (nSPS) is 38.2. The molecule has 0 bridgehead atoms. The van der Waals surface area contributed by atoms with E-state index in [-0.39, 0.29) is 52.3 Å². The van der Waals surface area contributed by atoms with Crippen molar-refractivity contribution in [3.8, 4) is 0 Å². The van der Waals surface area contributed by atoms with Crippen LogP contribution in [0.25, 0.3) is 0 Å². The van der Waals surface area contributed by atoms with E-state index in [0.717, 1.165) is 19.3 Å². The SMILES string of the molecule is CC(CC(=O)C(O)C(C)(C)O)C1C(=O)CC2(C)C3=CCC4C(=CCC(O)C4(C)C)CC3=CCC12C. The summed E-state index contributed by atoms with van der Waals surface area (Å²) in [6, 6.07) is 0. The molecule has 0 saturated heterocycles. The number of aliphatic hydroxyl groups is 3. The van der Waals surface area contributed by atoms with Crippen molar-refractivity contribution in [1.82, 2.24) is 0 Å². The summed E-state index contributed by atoms with van der Waals surface area (Å²) < 4.78 is 0. The quantitative estimate of drug-likeness (QED) is 0.492. The Kier molecular flexibility index (Phi) is 6.43. The molecule has 0 aliphatic heterocycles. The lowest BCUT2D eigenvalue weighted by molar-refractivity contribution is -0.141. The van der Waals surface area contributed by atoms with E-state index >= 15 is 0 Å². The number of aliphatic hydroxyl groups excluding tert-OH is 2. The van der Waals surface area contributed by atoms with Crippen molar-refractivity contribution in [2.24, 2.45) is 34.0 Å². The van der Waals surface area contributed by atoms with Crippen LogP contribution in [0.15, 0.2) is 34.9 Å². The summed E-state index contributed by atoms with van der Waals surface area (Å²) in [7, 11) is 0. The minimum Gasteiger partial charge on any atom is -0.392 e. The van der Waals surface area contributed by atoms with Crippen molar-refractivity contribution in [3.05, 3.63) is 34.9 Å². The van der Waals surface area contributed by atoms with Gasteiger partial charge in [-0.05, 0) is 73.3 Å². The Hall–Kier alpha value is -1.56. The third-order valence-corrected chi connectivity index (χ3v) is 10.4. The fourth-order valence-electron chi connectivity index (χ4n) is 7.85. The molecule has 0 aromatic heterocycles. The molecule has 0 radical (unpaired) electrons. The lowest BCUT2D eigenvalue weighted by Gasteiger charge is -2.50. The second kappa shape index (κ2) is 8.49. The number of hydrogen-bond acceptors (Lipinski definition) is 5. The molecule has 5 nitrogen and oxygen atoms in total. The lowest BCUT2D eigenvalue weighted by Crippen LogP contribution is -2.45. The van der Waals surface area contributed by atoms with Crippen LogP contribution in [0.3, 0.4) is 0 Å². The van der Waals surface area contributed by atoms with E-state index in [1.165, 1.54) is 30.6 Å². The molecule has 0 aromatic rings. The number of fused-ring (bicyclic) bond motifs is 4. The summed E-state index contributed by atoms with van der Waals surface area (Å²) in [6.45, 7) is 13.6. The smallest absolute Gasteiger partial charge is 0.164 e. The van der Waals surface area contributed by atoms with Gasteiger partial charge in [-0.25, -0.2) is 0 Å². The molecule has 3 N–H and O–H groups in total. The van der Waals surface area contributed by atoms with Gasteiger partial charge in [-0.15, -0.1) is 0 Å². The topological polar surface area (TPSA) is 94.8 Å². The molecular formula is C30H44O5. The Balaban J connectivity index is 1.66. The van der Waals surface area contributed by atoms with Gasteiger partial charge in [0, 0.05) is 24.2 Å². The molecule has 4 rings (SSSR count). The van der Waals surface area contributed by atoms with E-state index in [1.807, 2.05) is 6.92 Å². The van der Waals surface area contributed by atoms with Crippen molar-refractivity contribution in [3.63, 3.8) is 0 Å². The number of rotatable bonds is 5. The highest BCUT2D eigenvalue weighted by molar-refractivity contribution is 5.89. The molecule has 0 spiro atoms. The zero-order valence-electron chi connectivity index (χ0n) is 22.5. The minimum absolute atomic E-state index is 0.0733. The molecule has 1 fully saturated rings. The van der Waals surface area contributed by atoms with Gasteiger partial charge in [-0.3, -0.25) is 9.59 Å². The first-order valence-corrected chi connectivity index (χ1v) is 13.3. The fourth-order valence-corrected chi connectivity index (χ4v) is 7.85. The Morgan fingerprint density at radius 2 is 1.80 bits per heavy atom. The standard InChI is InChI=1S/C30H44O5/c1-17(14-22(31)26(34)28(4,5)35)25-23(32)16-30(7)21-10-9-20-18(8-11-24(33)27(20,2)3)15-19(21)12-13-29(25,30)6/h8,10,12,17,20,24-26,33-35H,9,11,13-16H2,1-7H3. The van der Waals surface area contributed by atoms with Crippen molar-refractivity contribution in [1.29, 1.82) is 0 Å². The summed E-state index contributed by atoms with van der Waals surface area (Å²) in [6.07, 6.45) is 8.84. The predicted molar refractivity (Wildman–Crippen MR) is 136 cm³/mol. The number of carbonyl (C=O) groups is 2. The van der Waals surface area contributed by atoms with Gasteiger partial charge in [-0.1, -0.05) is 58.4 Å². The molecule has 194 valence electrons. The van der Waals surface area contributed by atoms with E-state index < -0.39 is 17.5 Å². The summed E-state index contributed by atoms with van der Waals surface area (Å²) in [5.74, 6) is -0.438. The molecular weight excluding hydrogens is 440 g/mol. The lowest BCUT2D eigenvalue weighted by atomic mass is 9.53. The molecule has 7 atom stereocenters. The zero-order valence-corrected chi connectivity index (χ0v) is 22.5. The van der Waals surface area contributed by atoms with Gasteiger partial charge >= 0.3 is 0 Å². The molecule has 35 heavy (non-hydrogen) atoms. The van der Waals surface area contributed by atoms with Crippen molar-refractivity contribution < 1.29 is 24.9 Å². The van der Waals surface area contributed by atoms with Crippen LogP contribution in [0, 0.1) is 34.0 Å². The average Bonchev–Trinajstić information content (AvgIpc) is 2.86. The molecule has 0 aromatic carbocycles. The molecule has 0 heterocycles. The second-order valence-corrected chi connectivity index (χ2v) is 13.4. The monoisotopic (exact) mass is 484 g/mol. The van der Waals surface area contributed by atoms with E-state index in [4.69, 9.17) is 0 Å². The van der Waals surface area contributed by atoms with Gasteiger partial charge < -0.3 is 15.3 Å². The van der Waals surface area contributed by atoms with Gasteiger partial charge in [-0.2, -0.15) is 0 Å². The second-order valence-electron chi connectivity index (χ2n) is 13.4. The first kappa shape index (κ1) is 26.5. The average molecular weight is 485 g/mol. The summed E-state index contributed by atoms with van der Waals surface area (Å²) in [5.41, 5.74) is 1.67. The first-order valence-electron chi connectivity index (χ1n) is 13.3. The highest BCUT2D eigenvalue weighted by Gasteiger charge is 2.63. The van der Waals surface area contributed by atoms with Crippen LogP contribution in [0.4, 0.5) is 0 Å². The molecule has 1 saturated carbocycles. The summed E-state index contributed by atoms with van der Waals surface area (Å²) >= 11 is 0. The van der Waals surface area contributed by atoms with Gasteiger partial charge in [0.1, 0.15) is 11.9 Å². The van der Waals surface area contributed by atoms with Crippen molar-refractivity contribution in [2.45, 2.75) is 105 Å². The molecule has 4 aliphatic carbocycles. The highest BCUT2D eigenvalue weighted by atomic mass is 16.3. The van der Waals surface area contributed by atoms with Gasteiger partial charge in [0.25, 0.3) is 0 Å². The highest BCUT2D eigenvalue weighted by Crippen LogP contribution is 2.67. The van der Waals surface area contributed by atoms with E-state index in [2.05, 4.69) is 45.9 Å². The maximum Gasteiger partial charge on any atom is 0.164 e.